The Hall–Kier alpha value is -2.90. The van der Waals surface area contributed by atoms with Crippen LogP contribution in [0.2, 0.25) is 0 Å². The molecule has 2 amide bonds. The van der Waals surface area contributed by atoms with E-state index in [9.17, 15) is 19.2 Å². The number of benzene rings is 1. The summed E-state index contributed by atoms with van der Waals surface area (Å²) in [6, 6.07) is 5.03. The van der Waals surface area contributed by atoms with Crippen molar-refractivity contribution in [3.8, 4) is 0 Å². The first-order valence-electron chi connectivity index (χ1n) is 8.21. The van der Waals surface area contributed by atoms with Crippen molar-refractivity contribution in [3.63, 3.8) is 0 Å². The summed E-state index contributed by atoms with van der Waals surface area (Å²) in [5.41, 5.74) is 0.988. The fourth-order valence-corrected chi connectivity index (χ4v) is 2.89. The standard InChI is InChI=1S/C18H22N2O6/c1-18(2)12-9-11(19-14(21)5-4-6-15(22)23)7-8-13(12)20(17(18)25)10-16(24)26-3/h7-9H,4-6,10H2,1-3H3,(H,19,21)(H,22,23). The number of carbonyl (C=O) groups is 4. The third-order valence-electron chi connectivity index (χ3n) is 4.33. The Morgan fingerprint density at radius 1 is 1.23 bits per heavy atom. The summed E-state index contributed by atoms with van der Waals surface area (Å²) in [6.07, 6.45) is 0.283. The van der Waals surface area contributed by atoms with Crippen molar-refractivity contribution in [2.24, 2.45) is 0 Å². The van der Waals surface area contributed by atoms with Crippen LogP contribution in [0.3, 0.4) is 0 Å². The highest BCUT2D eigenvalue weighted by Crippen LogP contribution is 2.42. The summed E-state index contributed by atoms with van der Waals surface area (Å²) in [7, 11) is 1.26. The minimum Gasteiger partial charge on any atom is -0.481 e. The van der Waals surface area contributed by atoms with Crippen LogP contribution in [-0.4, -0.2) is 42.5 Å². The lowest BCUT2D eigenvalue weighted by Gasteiger charge is -2.19. The van der Waals surface area contributed by atoms with E-state index in [-0.39, 0.29) is 37.6 Å². The summed E-state index contributed by atoms with van der Waals surface area (Å²) in [5.74, 6) is -1.97. The van der Waals surface area contributed by atoms with Crippen LogP contribution in [0.4, 0.5) is 11.4 Å². The quantitative estimate of drug-likeness (QED) is 0.714. The minimum atomic E-state index is -0.943. The zero-order valence-electron chi connectivity index (χ0n) is 15.0. The summed E-state index contributed by atoms with van der Waals surface area (Å²) >= 11 is 0. The van der Waals surface area contributed by atoms with Crippen molar-refractivity contribution in [2.75, 3.05) is 23.9 Å². The number of nitrogens with one attached hydrogen (secondary N) is 1. The lowest BCUT2D eigenvalue weighted by atomic mass is 9.86. The third kappa shape index (κ3) is 4.01. The van der Waals surface area contributed by atoms with Gasteiger partial charge >= 0.3 is 11.9 Å². The van der Waals surface area contributed by atoms with Gasteiger partial charge in [-0.2, -0.15) is 0 Å². The van der Waals surface area contributed by atoms with E-state index in [0.29, 0.717) is 16.9 Å². The lowest BCUT2D eigenvalue weighted by Crippen LogP contribution is -2.39. The maximum absolute atomic E-state index is 12.6. The molecule has 0 spiro atoms. The van der Waals surface area contributed by atoms with Crippen LogP contribution >= 0.6 is 0 Å². The number of ether oxygens (including phenoxy) is 1. The van der Waals surface area contributed by atoms with E-state index < -0.39 is 17.4 Å². The Bertz CT molecular complexity index is 756. The monoisotopic (exact) mass is 362 g/mol. The molecule has 1 aromatic carbocycles. The molecule has 0 unspecified atom stereocenters. The highest BCUT2D eigenvalue weighted by atomic mass is 16.5. The fraction of sp³-hybridized carbons (Fsp3) is 0.444. The normalized spacial score (nSPS) is 14.7. The van der Waals surface area contributed by atoms with Crippen LogP contribution in [0.1, 0.15) is 38.7 Å². The van der Waals surface area contributed by atoms with Gasteiger partial charge in [-0.3, -0.25) is 19.2 Å². The van der Waals surface area contributed by atoms with Gasteiger partial charge in [0, 0.05) is 24.2 Å². The zero-order valence-corrected chi connectivity index (χ0v) is 15.0. The highest BCUT2D eigenvalue weighted by Gasteiger charge is 2.44. The fourth-order valence-electron chi connectivity index (χ4n) is 2.89. The number of carbonyl (C=O) groups excluding carboxylic acids is 3. The first-order chi connectivity index (χ1) is 12.2. The maximum atomic E-state index is 12.6. The number of nitrogens with zero attached hydrogens (tertiary/aromatic N) is 1. The smallest absolute Gasteiger partial charge is 0.325 e. The van der Waals surface area contributed by atoms with E-state index in [1.54, 1.807) is 32.0 Å². The van der Waals surface area contributed by atoms with Gasteiger partial charge in [-0.15, -0.1) is 0 Å². The Labute approximate surface area is 151 Å². The van der Waals surface area contributed by atoms with Gasteiger partial charge < -0.3 is 20.1 Å². The number of methoxy groups -OCH3 is 1. The van der Waals surface area contributed by atoms with Gasteiger partial charge in [0.2, 0.25) is 11.8 Å². The summed E-state index contributed by atoms with van der Waals surface area (Å²) < 4.78 is 4.64. The Morgan fingerprint density at radius 3 is 2.54 bits per heavy atom. The van der Waals surface area contributed by atoms with Gasteiger partial charge in [0.15, 0.2) is 0 Å². The van der Waals surface area contributed by atoms with Gasteiger partial charge in [0.25, 0.3) is 0 Å². The van der Waals surface area contributed by atoms with Crippen LogP contribution in [-0.2, 0) is 29.3 Å². The van der Waals surface area contributed by atoms with E-state index in [2.05, 4.69) is 10.1 Å². The number of fused-ring (bicyclic) bond motifs is 1. The van der Waals surface area contributed by atoms with E-state index in [1.165, 1.54) is 12.0 Å². The summed E-state index contributed by atoms with van der Waals surface area (Å²) in [6.45, 7) is 3.33. The maximum Gasteiger partial charge on any atom is 0.325 e. The molecule has 1 aliphatic heterocycles. The van der Waals surface area contributed by atoms with Crippen LogP contribution in [0.15, 0.2) is 18.2 Å². The Balaban J connectivity index is 2.17. The number of hydrogen-bond donors (Lipinski definition) is 2. The van der Waals surface area contributed by atoms with Crippen molar-refractivity contribution >= 4 is 35.1 Å². The average molecular weight is 362 g/mol. The molecular weight excluding hydrogens is 340 g/mol. The van der Waals surface area contributed by atoms with Crippen LogP contribution in [0.5, 0.6) is 0 Å². The molecule has 0 bridgehead atoms. The predicted molar refractivity (Wildman–Crippen MR) is 94.0 cm³/mol. The van der Waals surface area contributed by atoms with Crippen molar-refractivity contribution in [3.05, 3.63) is 23.8 Å². The predicted octanol–water partition coefficient (Wildman–Crippen LogP) is 1.68. The van der Waals surface area contributed by atoms with Crippen molar-refractivity contribution in [2.45, 2.75) is 38.5 Å². The first kappa shape index (κ1) is 19.4. The van der Waals surface area contributed by atoms with Gasteiger partial charge in [-0.25, -0.2) is 0 Å². The topological polar surface area (TPSA) is 113 Å². The highest BCUT2D eigenvalue weighted by molar-refractivity contribution is 6.10. The Kier molecular flexibility index (Phi) is 5.64. The van der Waals surface area contributed by atoms with Crippen LogP contribution in [0.25, 0.3) is 0 Å². The number of hydrogen-bond acceptors (Lipinski definition) is 5. The number of carboxylic acid groups (broad SMARTS) is 1. The summed E-state index contributed by atoms with van der Waals surface area (Å²) in [4.78, 5) is 48.0. The molecule has 0 aromatic heterocycles. The molecule has 0 saturated carbocycles. The zero-order chi connectivity index (χ0) is 19.5. The molecule has 8 nitrogen and oxygen atoms in total. The van der Waals surface area contributed by atoms with Gasteiger partial charge in [-0.05, 0) is 44.0 Å². The molecule has 0 radical (unpaired) electrons. The first-order valence-corrected chi connectivity index (χ1v) is 8.21. The summed E-state index contributed by atoms with van der Waals surface area (Å²) in [5, 5.41) is 11.3. The molecule has 1 aliphatic rings. The van der Waals surface area contributed by atoms with E-state index in [0.717, 1.165) is 0 Å². The number of rotatable bonds is 7. The second-order valence-corrected chi connectivity index (χ2v) is 6.62. The third-order valence-corrected chi connectivity index (χ3v) is 4.33. The number of anilines is 2. The van der Waals surface area contributed by atoms with Crippen LogP contribution < -0.4 is 10.2 Å². The molecule has 0 saturated heterocycles. The van der Waals surface area contributed by atoms with E-state index in [1.807, 2.05) is 0 Å². The van der Waals surface area contributed by atoms with Crippen molar-refractivity contribution in [1.82, 2.24) is 0 Å². The molecular formula is C18H22N2O6. The van der Waals surface area contributed by atoms with Crippen molar-refractivity contribution in [1.29, 1.82) is 0 Å². The molecule has 0 atom stereocenters. The van der Waals surface area contributed by atoms with Gasteiger partial charge in [-0.1, -0.05) is 0 Å². The molecule has 8 heteroatoms. The number of aliphatic carboxylic acids is 1. The lowest BCUT2D eigenvalue weighted by molar-refractivity contribution is -0.140. The minimum absolute atomic E-state index is 0.0678. The molecule has 1 aromatic rings. The molecule has 26 heavy (non-hydrogen) atoms. The number of esters is 1. The van der Waals surface area contributed by atoms with E-state index in [4.69, 9.17) is 5.11 Å². The second-order valence-electron chi connectivity index (χ2n) is 6.62. The molecule has 1 heterocycles. The number of amides is 2. The van der Waals surface area contributed by atoms with E-state index >= 15 is 0 Å². The van der Waals surface area contributed by atoms with Gasteiger partial charge in [0.05, 0.1) is 12.5 Å². The largest absolute Gasteiger partial charge is 0.481 e. The molecule has 0 aliphatic carbocycles. The molecule has 2 rings (SSSR count). The molecule has 2 N–H and O–H groups in total. The van der Waals surface area contributed by atoms with Crippen LogP contribution in [0, 0.1) is 0 Å². The number of carboxylic acids is 1. The molecule has 140 valence electrons. The van der Waals surface area contributed by atoms with Gasteiger partial charge in [0.1, 0.15) is 6.54 Å². The average Bonchev–Trinajstić information content (AvgIpc) is 2.75. The van der Waals surface area contributed by atoms with Crippen molar-refractivity contribution < 1.29 is 29.0 Å². The SMILES string of the molecule is COC(=O)CN1C(=O)C(C)(C)c2cc(NC(=O)CCCC(=O)O)ccc21. The Morgan fingerprint density at radius 2 is 1.92 bits per heavy atom. The molecule has 0 fully saturated rings. The second kappa shape index (κ2) is 7.55.